The molecule has 2 atom stereocenters. The van der Waals surface area contributed by atoms with E-state index in [1.807, 2.05) is 0 Å². The molecule has 1 fully saturated rings. The van der Waals surface area contributed by atoms with Gasteiger partial charge >= 0.3 is 0 Å². The van der Waals surface area contributed by atoms with Crippen molar-refractivity contribution in [3.8, 4) is 0 Å². The SMILES string of the molecule is Cc1ccc2c(c1)C(=S)/C(=C\c1ccc3c(c1)C1CCCC1N3C1=CCCCC=C1)C2=S. The van der Waals surface area contributed by atoms with Crippen LogP contribution in [0.2, 0.25) is 0 Å². The molecule has 0 radical (unpaired) electrons. The zero-order chi connectivity index (χ0) is 21.8. The Balaban J connectivity index is 1.39. The largest absolute Gasteiger partial charge is 0.338 e. The summed E-state index contributed by atoms with van der Waals surface area (Å²) in [7, 11) is 0. The number of thiocarbonyl (C=S) groups is 2. The summed E-state index contributed by atoms with van der Waals surface area (Å²) in [5.74, 6) is 0.628. The minimum atomic E-state index is 0.600. The summed E-state index contributed by atoms with van der Waals surface area (Å²) in [4.78, 5) is 4.41. The standard InChI is InChI=1S/C29H27NS2/c1-18-11-13-22-24(15-18)29(32)25(28(22)31)17-19-12-14-27-23(16-19)21-9-6-10-26(21)30(27)20-7-4-2-3-5-8-20/h4,7-8,11-17,21,26H,2-3,5-6,9-10H2,1H3/b25-17-. The quantitative estimate of drug-likeness (QED) is 0.340. The van der Waals surface area contributed by atoms with E-state index in [2.05, 4.69) is 72.5 Å². The summed E-state index contributed by atoms with van der Waals surface area (Å²) in [6, 6.07) is 14.0. The maximum absolute atomic E-state index is 5.84. The zero-order valence-corrected chi connectivity index (χ0v) is 20.1. The van der Waals surface area contributed by atoms with Crippen LogP contribution in [0.3, 0.4) is 0 Å². The van der Waals surface area contributed by atoms with Gasteiger partial charge in [0.2, 0.25) is 0 Å². The summed E-state index contributed by atoms with van der Waals surface area (Å²) < 4.78 is 0. The Bertz CT molecular complexity index is 1250. The fourth-order valence-corrected chi connectivity index (χ4v) is 6.71. The van der Waals surface area contributed by atoms with Crippen LogP contribution < -0.4 is 4.90 Å². The Morgan fingerprint density at radius 2 is 1.81 bits per heavy atom. The lowest BCUT2D eigenvalue weighted by Crippen LogP contribution is -2.29. The second kappa shape index (κ2) is 7.90. The molecule has 1 heterocycles. The van der Waals surface area contributed by atoms with E-state index in [1.54, 1.807) is 0 Å². The van der Waals surface area contributed by atoms with Gasteiger partial charge in [0.25, 0.3) is 0 Å². The van der Waals surface area contributed by atoms with Crippen molar-refractivity contribution in [3.63, 3.8) is 0 Å². The molecule has 2 unspecified atom stereocenters. The number of anilines is 1. The molecule has 3 heteroatoms. The van der Waals surface area contributed by atoms with Crippen molar-refractivity contribution >= 4 is 45.9 Å². The van der Waals surface area contributed by atoms with Gasteiger partial charge in [0.1, 0.15) is 0 Å². The molecule has 32 heavy (non-hydrogen) atoms. The summed E-state index contributed by atoms with van der Waals surface area (Å²) in [6.07, 6.45) is 16.8. The van der Waals surface area contributed by atoms with Gasteiger partial charge in [0.05, 0.1) is 9.73 Å². The average Bonchev–Trinajstić information content (AvgIpc) is 3.35. The van der Waals surface area contributed by atoms with Gasteiger partial charge in [-0.1, -0.05) is 66.8 Å². The molecule has 0 saturated heterocycles. The molecule has 1 aliphatic heterocycles. The van der Waals surface area contributed by atoms with Crippen LogP contribution in [0.15, 0.2) is 65.9 Å². The summed E-state index contributed by atoms with van der Waals surface area (Å²) >= 11 is 11.7. The van der Waals surface area contributed by atoms with Gasteiger partial charge in [-0.05, 0) is 80.5 Å². The van der Waals surface area contributed by atoms with Crippen molar-refractivity contribution in [3.05, 3.63) is 93.7 Å². The molecule has 2 aromatic carbocycles. The first-order chi connectivity index (χ1) is 15.6. The molecule has 1 saturated carbocycles. The second-order valence-corrected chi connectivity index (χ2v) is 10.3. The van der Waals surface area contributed by atoms with E-state index in [0.717, 1.165) is 26.4 Å². The number of allylic oxidation sites excluding steroid dienone is 4. The van der Waals surface area contributed by atoms with Gasteiger partial charge in [-0.3, -0.25) is 0 Å². The van der Waals surface area contributed by atoms with E-state index in [1.165, 1.54) is 66.6 Å². The highest BCUT2D eigenvalue weighted by molar-refractivity contribution is 7.84. The highest BCUT2D eigenvalue weighted by Gasteiger charge is 2.42. The molecule has 3 aliphatic carbocycles. The lowest BCUT2D eigenvalue weighted by molar-refractivity contribution is 0.629. The number of hydrogen-bond acceptors (Lipinski definition) is 3. The van der Waals surface area contributed by atoms with Crippen molar-refractivity contribution < 1.29 is 0 Å². The number of nitrogens with zero attached hydrogens (tertiary/aromatic N) is 1. The number of hydrogen-bond donors (Lipinski definition) is 0. The topological polar surface area (TPSA) is 3.24 Å². The van der Waals surface area contributed by atoms with Crippen LogP contribution in [0.25, 0.3) is 6.08 Å². The normalized spacial score (nSPS) is 25.1. The number of rotatable bonds is 2. The molecule has 1 nitrogen and oxygen atoms in total. The van der Waals surface area contributed by atoms with Crippen molar-refractivity contribution in [1.82, 2.24) is 0 Å². The van der Waals surface area contributed by atoms with Crippen molar-refractivity contribution in [2.75, 3.05) is 4.90 Å². The molecule has 0 spiro atoms. The van der Waals surface area contributed by atoms with Crippen molar-refractivity contribution in [1.29, 1.82) is 0 Å². The van der Waals surface area contributed by atoms with E-state index in [4.69, 9.17) is 24.4 Å². The third kappa shape index (κ3) is 3.17. The molecular weight excluding hydrogens is 426 g/mol. The number of aryl methyl sites for hydroxylation is 1. The van der Waals surface area contributed by atoms with Crippen LogP contribution in [-0.2, 0) is 0 Å². The molecule has 6 rings (SSSR count). The summed E-state index contributed by atoms with van der Waals surface area (Å²) in [6.45, 7) is 2.11. The fraction of sp³-hybridized carbons (Fsp3) is 0.310. The molecule has 0 aromatic heterocycles. The molecular formula is C29H27NS2. The Morgan fingerprint density at radius 1 is 0.938 bits per heavy atom. The molecule has 0 N–H and O–H groups in total. The molecule has 160 valence electrons. The zero-order valence-electron chi connectivity index (χ0n) is 18.4. The monoisotopic (exact) mass is 453 g/mol. The first-order valence-corrected chi connectivity index (χ1v) is 12.6. The van der Waals surface area contributed by atoms with E-state index in [9.17, 15) is 0 Å². The minimum Gasteiger partial charge on any atom is -0.338 e. The van der Waals surface area contributed by atoms with Gasteiger partial charge in [0, 0.05) is 40.0 Å². The van der Waals surface area contributed by atoms with Gasteiger partial charge in [-0.25, -0.2) is 0 Å². The van der Waals surface area contributed by atoms with Crippen LogP contribution in [0, 0.1) is 6.92 Å². The van der Waals surface area contributed by atoms with Crippen LogP contribution in [-0.4, -0.2) is 15.8 Å². The van der Waals surface area contributed by atoms with E-state index < -0.39 is 0 Å². The lowest BCUT2D eigenvalue weighted by atomic mass is 9.95. The number of fused-ring (bicyclic) bond motifs is 4. The smallest absolute Gasteiger partial charge is 0.0543 e. The van der Waals surface area contributed by atoms with Gasteiger partial charge in [0.15, 0.2) is 0 Å². The predicted molar refractivity (Wildman–Crippen MR) is 143 cm³/mol. The van der Waals surface area contributed by atoms with Gasteiger partial charge in [-0.15, -0.1) is 0 Å². The van der Waals surface area contributed by atoms with Crippen LogP contribution >= 0.6 is 24.4 Å². The predicted octanol–water partition coefficient (Wildman–Crippen LogP) is 7.61. The highest BCUT2D eigenvalue weighted by atomic mass is 32.1. The molecule has 0 amide bonds. The van der Waals surface area contributed by atoms with E-state index in [0.29, 0.717) is 12.0 Å². The van der Waals surface area contributed by atoms with Crippen LogP contribution in [0.5, 0.6) is 0 Å². The Morgan fingerprint density at radius 3 is 2.72 bits per heavy atom. The summed E-state index contributed by atoms with van der Waals surface area (Å²) in [5.41, 5.74) is 9.99. The molecule has 0 bridgehead atoms. The maximum Gasteiger partial charge on any atom is 0.0543 e. The van der Waals surface area contributed by atoms with E-state index in [-0.39, 0.29) is 0 Å². The molecule has 4 aliphatic rings. The Kier molecular flexibility index (Phi) is 5.00. The van der Waals surface area contributed by atoms with Crippen molar-refractivity contribution in [2.24, 2.45) is 0 Å². The minimum absolute atomic E-state index is 0.600. The fourth-order valence-electron chi connectivity index (χ4n) is 5.97. The van der Waals surface area contributed by atoms with Crippen LogP contribution in [0.4, 0.5) is 5.69 Å². The Labute approximate surface area is 201 Å². The van der Waals surface area contributed by atoms with E-state index >= 15 is 0 Å². The first-order valence-electron chi connectivity index (χ1n) is 11.8. The highest BCUT2D eigenvalue weighted by Crippen LogP contribution is 2.51. The number of benzene rings is 2. The third-order valence-corrected chi connectivity index (χ3v) is 8.36. The van der Waals surface area contributed by atoms with Gasteiger partial charge < -0.3 is 4.90 Å². The van der Waals surface area contributed by atoms with Crippen molar-refractivity contribution in [2.45, 2.75) is 57.4 Å². The van der Waals surface area contributed by atoms with Gasteiger partial charge in [-0.2, -0.15) is 0 Å². The first kappa shape index (κ1) is 20.3. The third-order valence-electron chi connectivity index (χ3n) is 7.48. The average molecular weight is 454 g/mol. The summed E-state index contributed by atoms with van der Waals surface area (Å²) in [5, 5.41) is 0. The lowest BCUT2D eigenvalue weighted by Gasteiger charge is -2.28. The second-order valence-electron chi connectivity index (χ2n) is 9.52. The molecule has 2 aromatic rings. The van der Waals surface area contributed by atoms with Crippen LogP contribution in [0.1, 0.15) is 72.3 Å². The maximum atomic E-state index is 5.84. The Hall–Kier alpha value is -2.36.